The number of nitrogens with zero attached hydrogens (tertiary/aromatic N) is 1. The summed E-state index contributed by atoms with van der Waals surface area (Å²) in [7, 11) is 4.03. The van der Waals surface area contributed by atoms with E-state index in [4.69, 9.17) is 5.73 Å². The van der Waals surface area contributed by atoms with Crippen molar-refractivity contribution in [1.29, 1.82) is 0 Å². The van der Waals surface area contributed by atoms with Crippen molar-refractivity contribution in [3.05, 3.63) is 0 Å². The van der Waals surface area contributed by atoms with Gasteiger partial charge < -0.3 is 21.7 Å². The van der Waals surface area contributed by atoms with Crippen molar-refractivity contribution in [1.82, 2.24) is 20.9 Å². The summed E-state index contributed by atoms with van der Waals surface area (Å²) in [5, 5.41) is 10.1. The highest BCUT2D eigenvalue weighted by Gasteiger charge is 2.24. The zero-order valence-electron chi connectivity index (χ0n) is 15.2. The van der Waals surface area contributed by atoms with Gasteiger partial charge in [-0.15, -0.1) is 0 Å². The molecule has 0 aromatic rings. The highest BCUT2D eigenvalue weighted by Crippen LogP contribution is 2.17. The fourth-order valence-electron chi connectivity index (χ4n) is 2.34. The summed E-state index contributed by atoms with van der Waals surface area (Å²) in [4.78, 5) is 2.53. The predicted molar refractivity (Wildman–Crippen MR) is 93.9 cm³/mol. The third-order valence-electron chi connectivity index (χ3n) is 4.41. The van der Waals surface area contributed by atoms with Crippen LogP contribution in [0, 0.1) is 0 Å². The summed E-state index contributed by atoms with van der Waals surface area (Å²) < 4.78 is 0. The smallest absolute Gasteiger partial charge is 0.0166 e. The number of hydrogen-bond acceptors (Lipinski definition) is 5. The molecule has 0 rings (SSSR count). The number of hydrogen-bond donors (Lipinski definition) is 4. The predicted octanol–water partition coefficient (Wildman–Crippen LogP) is 0.613. The Morgan fingerprint density at radius 3 is 2.05 bits per heavy atom. The van der Waals surface area contributed by atoms with Crippen molar-refractivity contribution in [3.63, 3.8) is 0 Å². The minimum atomic E-state index is 0.164. The van der Waals surface area contributed by atoms with Gasteiger partial charge in [-0.25, -0.2) is 0 Å². The summed E-state index contributed by atoms with van der Waals surface area (Å²) >= 11 is 0. The molecule has 0 amide bonds. The lowest BCUT2D eigenvalue weighted by atomic mass is 9.98. The van der Waals surface area contributed by atoms with Gasteiger partial charge in [0.15, 0.2) is 0 Å². The van der Waals surface area contributed by atoms with Gasteiger partial charge in [-0.2, -0.15) is 0 Å². The molecule has 0 saturated carbocycles. The van der Waals surface area contributed by atoms with Crippen LogP contribution in [-0.4, -0.2) is 69.3 Å². The highest BCUT2D eigenvalue weighted by molar-refractivity contribution is 4.83. The zero-order valence-corrected chi connectivity index (χ0v) is 15.2. The van der Waals surface area contributed by atoms with E-state index in [1.807, 2.05) is 14.1 Å². The molecule has 21 heavy (non-hydrogen) atoms. The average Bonchev–Trinajstić information content (AvgIpc) is 2.41. The molecular weight excluding hydrogens is 262 g/mol. The van der Waals surface area contributed by atoms with Crippen LogP contribution in [0.1, 0.15) is 40.5 Å². The lowest BCUT2D eigenvalue weighted by Gasteiger charge is -2.39. The van der Waals surface area contributed by atoms with Gasteiger partial charge in [-0.05, 0) is 67.7 Å². The van der Waals surface area contributed by atoms with Gasteiger partial charge in [0.1, 0.15) is 0 Å². The van der Waals surface area contributed by atoms with E-state index in [-0.39, 0.29) is 11.1 Å². The first kappa shape index (κ1) is 20.8. The van der Waals surface area contributed by atoms with Crippen LogP contribution in [0.2, 0.25) is 0 Å². The second-order valence-corrected chi connectivity index (χ2v) is 7.08. The van der Waals surface area contributed by atoms with Crippen molar-refractivity contribution < 1.29 is 0 Å². The fraction of sp³-hybridized carbons (Fsp3) is 1.00. The van der Waals surface area contributed by atoms with Crippen LogP contribution < -0.4 is 21.7 Å². The van der Waals surface area contributed by atoms with Crippen LogP contribution in [0.4, 0.5) is 0 Å². The van der Waals surface area contributed by atoms with E-state index in [0.29, 0.717) is 0 Å². The van der Waals surface area contributed by atoms with E-state index in [1.165, 1.54) is 0 Å². The monoisotopic (exact) mass is 301 g/mol. The second kappa shape index (κ2) is 10.5. The molecular formula is C16H39N5. The van der Waals surface area contributed by atoms with Crippen molar-refractivity contribution in [2.75, 3.05) is 53.4 Å². The Morgan fingerprint density at radius 2 is 1.52 bits per heavy atom. The quantitative estimate of drug-likeness (QED) is 0.376. The van der Waals surface area contributed by atoms with Gasteiger partial charge in [0.05, 0.1) is 0 Å². The average molecular weight is 302 g/mol. The van der Waals surface area contributed by atoms with Gasteiger partial charge in [0, 0.05) is 37.3 Å². The van der Waals surface area contributed by atoms with Gasteiger partial charge in [-0.1, -0.05) is 0 Å². The molecule has 5 heteroatoms. The molecule has 5 N–H and O–H groups in total. The van der Waals surface area contributed by atoms with Crippen LogP contribution in [0.5, 0.6) is 0 Å². The Bertz CT molecular complexity index is 253. The Morgan fingerprint density at radius 1 is 0.905 bits per heavy atom. The van der Waals surface area contributed by atoms with E-state index in [2.05, 4.69) is 48.5 Å². The molecule has 0 spiro atoms. The Kier molecular flexibility index (Phi) is 10.4. The molecule has 0 aromatic heterocycles. The Labute approximate surface area is 132 Å². The first-order chi connectivity index (χ1) is 9.79. The van der Waals surface area contributed by atoms with E-state index in [9.17, 15) is 0 Å². The molecule has 0 unspecified atom stereocenters. The molecule has 128 valence electrons. The van der Waals surface area contributed by atoms with E-state index >= 15 is 0 Å². The first-order valence-corrected chi connectivity index (χ1v) is 8.28. The van der Waals surface area contributed by atoms with Crippen LogP contribution in [0.3, 0.4) is 0 Å². The third kappa shape index (κ3) is 9.42. The van der Waals surface area contributed by atoms with Crippen molar-refractivity contribution in [2.24, 2.45) is 5.73 Å². The second-order valence-electron chi connectivity index (χ2n) is 7.08. The minimum absolute atomic E-state index is 0.164. The molecule has 0 aliphatic rings. The van der Waals surface area contributed by atoms with Crippen LogP contribution in [-0.2, 0) is 0 Å². The summed E-state index contributed by atoms with van der Waals surface area (Å²) in [5.41, 5.74) is 6.13. The summed E-state index contributed by atoms with van der Waals surface area (Å²) in [6, 6.07) is 0. The maximum Gasteiger partial charge on any atom is 0.0166 e. The third-order valence-corrected chi connectivity index (χ3v) is 4.41. The van der Waals surface area contributed by atoms with E-state index in [1.54, 1.807) is 0 Å². The molecule has 0 aliphatic heterocycles. The lowest BCUT2D eigenvalue weighted by Crippen LogP contribution is -2.50. The number of likely N-dealkylation sites (N-methyl/N-ethyl adjacent to an activating group) is 1. The zero-order chi connectivity index (χ0) is 16.4. The van der Waals surface area contributed by atoms with Gasteiger partial charge in [0.25, 0.3) is 0 Å². The molecule has 5 nitrogen and oxygen atoms in total. The number of rotatable bonds is 13. The molecule has 0 saturated heterocycles. The van der Waals surface area contributed by atoms with Crippen molar-refractivity contribution >= 4 is 0 Å². The van der Waals surface area contributed by atoms with Crippen LogP contribution in [0.25, 0.3) is 0 Å². The number of nitrogens with one attached hydrogen (secondary N) is 3. The van der Waals surface area contributed by atoms with Crippen molar-refractivity contribution in [2.45, 2.75) is 51.6 Å². The van der Waals surface area contributed by atoms with E-state index in [0.717, 1.165) is 52.1 Å². The maximum atomic E-state index is 5.76. The molecule has 0 fully saturated rings. The molecule has 0 heterocycles. The lowest BCUT2D eigenvalue weighted by molar-refractivity contribution is 0.115. The molecule has 0 bridgehead atoms. The molecule has 0 radical (unpaired) electrons. The Balaban J connectivity index is 4.13. The van der Waals surface area contributed by atoms with Gasteiger partial charge >= 0.3 is 0 Å². The summed E-state index contributed by atoms with van der Waals surface area (Å²) in [6.07, 6.45) is 2.16. The minimum Gasteiger partial charge on any atom is -0.330 e. The van der Waals surface area contributed by atoms with Crippen LogP contribution in [0.15, 0.2) is 0 Å². The van der Waals surface area contributed by atoms with Crippen molar-refractivity contribution in [3.8, 4) is 0 Å². The summed E-state index contributed by atoms with van der Waals surface area (Å²) in [5.74, 6) is 0. The van der Waals surface area contributed by atoms with Gasteiger partial charge in [-0.3, -0.25) is 4.90 Å². The summed E-state index contributed by atoms with van der Waals surface area (Å²) in [6.45, 7) is 15.0. The van der Waals surface area contributed by atoms with Gasteiger partial charge in [0.2, 0.25) is 0 Å². The molecule has 0 aromatic carbocycles. The topological polar surface area (TPSA) is 65.3 Å². The number of nitrogens with two attached hydrogens (primary N) is 1. The fourth-order valence-corrected chi connectivity index (χ4v) is 2.34. The standard InChI is InChI=1S/C16H39N5/c1-15(2,19-6)8-10-20-12-14-21(13-11-18-5)16(3,4)7-9-17/h18-20H,7-14,17H2,1-6H3. The maximum absolute atomic E-state index is 5.76. The SMILES string of the molecule is CNCCN(CCNCCC(C)(C)NC)C(C)(C)CCN. The molecule has 0 atom stereocenters. The van der Waals surface area contributed by atoms with Crippen LogP contribution >= 0.6 is 0 Å². The highest BCUT2D eigenvalue weighted by atomic mass is 15.2. The molecule has 0 aliphatic carbocycles. The Hall–Kier alpha value is -0.200. The largest absolute Gasteiger partial charge is 0.330 e. The normalized spacial score (nSPS) is 13.1. The first-order valence-electron chi connectivity index (χ1n) is 8.28. The van der Waals surface area contributed by atoms with E-state index < -0.39 is 0 Å².